The number of ketones is 1. The van der Waals surface area contributed by atoms with E-state index in [1.807, 2.05) is 5.38 Å². The van der Waals surface area contributed by atoms with Crippen molar-refractivity contribution < 1.29 is 23.6 Å². The zero-order valence-corrected chi connectivity index (χ0v) is 13.8. The highest BCUT2D eigenvalue weighted by Gasteiger charge is 2.46. The van der Waals surface area contributed by atoms with E-state index >= 15 is 0 Å². The minimum atomic E-state index is -0.797. The zero-order chi connectivity index (χ0) is 17.6. The quantitative estimate of drug-likeness (QED) is 0.720. The van der Waals surface area contributed by atoms with Crippen molar-refractivity contribution in [1.29, 1.82) is 0 Å². The van der Waals surface area contributed by atoms with Crippen molar-refractivity contribution in [2.24, 2.45) is 0 Å². The molecule has 1 aliphatic heterocycles. The van der Waals surface area contributed by atoms with Gasteiger partial charge in [0, 0.05) is 10.9 Å². The van der Waals surface area contributed by atoms with Crippen LogP contribution in [0.25, 0.3) is 0 Å². The molecule has 0 radical (unpaired) electrons. The van der Waals surface area contributed by atoms with Gasteiger partial charge in [0.25, 0.3) is 5.91 Å². The summed E-state index contributed by atoms with van der Waals surface area (Å²) in [6.07, 6.45) is 1.36. The second-order valence-electron chi connectivity index (χ2n) is 5.46. The molecule has 3 aromatic rings. The SMILES string of the molecule is Cc1cc(N2C(=O)C(O)=C(C(=O)c3ccco3)C2c2cccs2)no1. The summed E-state index contributed by atoms with van der Waals surface area (Å²) < 4.78 is 10.2. The largest absolute Gasteiger partial charge is 0.503 e. The predicted octanol–water partition coefficient (Wildman–Crippen LogP) is 3.42. The molecule has 0 aromatic carbocycles. The first kappa shape index (κ1) is 15.4. The standard InChI is InChI=1S/C17H12N2O5S/c1-9-8-12(18-24-9)19-14(11-5-3-7-25-11)13(16(21)17(19)22)15(20)10-4-2-6-23-10/h2-8,14,21H,1H3. The highest BCUT2D eigenvalue weighted by atomic mass is 32.1. The first-order valence-electron chi connectivity index (χ1n) is 7.39. The second-order valence-corrected chi connectivity index (χ2v) is 6.44. The van der Waals surface area contributed by atoms with Gasteiger partial charge in [-0.05, 0) is 30.5 Å². The lowest BCUT2D eigenvalue weighted by molar-refractivity contribution is -0.117. The van der Waals surface area contributed by atoms with Crippen LogP contribution in [0.3, 0.4) is 0 Å². The van der Waals surface area contributed by atoms with Crippen molar-refractivity contribution in [1.82, 2.24) is 5.16 Å². The third-order valence-electron chi connectivity index (χ3n) is 3.87. The molecule has 1 N–H and O–H groups in total. The van der Waals surface area contributed by atoms with Crippen molar-refractivity contribution in [2.75, 3.05) is 4.90 Å². The number of amides is 1. The number of aliphatic hydroxyl groups excluding tert-OH is 1. The lowest BCUT2D eigenvalue weighted by Gasteiger charge is -2.22. The number of aliphatic hydroxyl groups is 1. The summed E-state index contributed by atoms with van der Waals surface area (Å²) in [6.45, 7) is 1.69. The van der Waals surface area contributed by atoms with Gasteiger partial charge < -0.3 is 14.0 Å². The molecule has 8 heteroatoms. The number of thiophene rings is 1. The molecule has 4 heterocycles. The van der Waals surface area contributed by atoms with E-state index in [1.165, 1.54) is 28.6 Å². The van der Waals surface area contributed by atoms with Crippen molar-refractivity contribution in [3.05, 3.63) is 69.7 Å². The van der Waals surface area contributed by atoms with Gasteiger partial charge in [-0.15, -0.1) is 11.3 Å². The molecule has 1 aliphatic rings. The predicted molar refractivity (Wildman–Crippen MR) is 88.5 cm³/mol. The number of carbonyl (C=O) groups is 2. The molecular weight excluding hydrogens is 344 g/mol. The molecule has 1 unspecified atom stereocenters. The van der Waals surface area contributed by atoms with Gasteiger partial charge in [0.2, 0.25) is 5.78 Å². The van der Waals surface area contributed by atoms with Gasteiger partial charge in [-0.2, -0.15) is 0 Å². The summed E-state index contributed by atoms with van der Waals surface area (Å²) >= 11 is 1.37. The molecule has 4 rings (SSSR count). The van der Waals surface area contributed by atoms with Gasteiger partial charge in [0.15, 0.2) is 17.3 Å². The minimum absolute atomic E-state index is 0.0388. The molecule has 0 spiro atoms. The van der Waals surface area contributed by atoms with Gasteiger partial charge >= 0.3 is 0 Å². The van der Waals surface area contributed by atoms with Gasteiger partial charge in [0.1, 0.15) is 11.8 Å². The van der Waals surface area contributed by atoms with Crippen LogP contribution in [-0.2, 0) is 4.79 Å². The first-order valence-corrected chi connectivity index (χ1v) is 8.27. The molecule has 0 bridgehead atoms. The minimum Gasteiger partial charge on any atom is -0.503 e. The molecule has 3 aromatic heterocycles. The van der Waals surface area contributed by atoms with Crippen LogP contribution in [0.1, 0.15) is 27.2 Å². The third-order valence-corrected chi connectivity index (χ3v) is 4.80. The lowest BCUT2D eigenvalue weighted by Crippen LogP contribution is -2.30. The molecule has 1 amide bonds. The average Bonchev–Trinajstić information content (AvgIpc) is 3.36. The number of Topliss-reactive ketones (excluding diaryl/α,β-unsaturated/α-hetero) is 1. The van der Waals surface area contributed by atoms with Crippen LogP contribution in [0.15, 0.2) is 62.2 Å². The molecular formula is C17H12N2O5S. The Hall–Kier alpha value is -3.13. The maximum Gasteiger partial charge on any atom is 0.295 e. The van der Waals surface area contributed by atoms with Crippen LogP contribution in [0, 0.1) is 6.92 Å². The van der Waals surface area contributed by atoms with Crippen LogP contribution in [-0.4, -0.2) is 22.0 Å². The van der Waals surface area contributed by atoms with E-state index < -0.39 is 23.5 Å². The highest BCUT2D eigenvalue weighted by molar-refractivity contribution is 7.10. The lowest BCUT2D eigenvalue weighted by atomic mass is 10.0. The topological polar surface area (TPSA) is 96.8 Å². The average molecular weight is 356 g/mol. The maximum atomic E-state index is 12.8. The van der Waals surface area contributed by atoms with E-state index in [1.54, 1.807) is 31.2 Å². The van der Waals surface area contributed by atoms with Gasteiger partial charge in [-0.1, -0.05) is 11.2 Å². The van der Waals surface area contributed by atoms with Gasteiger partial charge in [0.05, 0.1) is 11.8 Å². The fourth-order valence-corrected chi connectivity index (χ4v) is 3.62. The highest BCUT2D eigenvalue weighted by Crippen LogP contribution is 2.43. The van der Waals surface area contributed by atoms with E-state index in [2.05, 4.69) is 5.16 Å². The molecule has 7 nitrogen and oxygen atoms in total. The van der Waals surface area contributed by atoms with Crippen molar-refractivity contribution in [3.8, 4) is 0 Å². The summed E-state index contributed by atoms with van der Waals surface area (Å²) in [5, 5.41) is 16.1. The van der Waals surface area contributed by atoms with E-state index in [4.69, 9.17) is 8.94 Å². The fourth-order valence-electron chi connectivity index (χ4n) is 2.80. The molecule has 1 atom stereocenters. The zero-order valence-electron chi connectivity index (χ0n) is 13.0. The third kappa shape index (κ3) is 2.38. The summed E-state index contributed by atoms with van der Waals surface area (Å²) in [4.78, 5) is 27.5. The van der Waals surface area contributed by atoms with Gasteiger partial charge in [-0.3, -0.25) is 14.5 Å². The maximum absolute atomic E-state index is 12.8. The molecule has 0 saturated heterocycles. The number of hydrogen-bond acceptors (Lipinski definition) is 7. The van der Waals surface area contributed by atoms with Crippen LogP contribution >= 0.6 is 11.3 Å². The van der Waals surface area contributed by atoms with Crippen LogP contribution < -0.4 is 4.90 Å². The Balaban J connectivity index is 1.86. The molecule has 0 saturated carbocycles. The number of anilines is 1. The van der Waals surface area contributed by atoms with Crippen molar-refractivity contribution in [3.63, 3.8) is 0 Å². The molecule has 126 valence electrons. The Labute approximate surface area is 145 Å². The number of aryl methyl sites for hydroxylation is 1. The van der Waals surface area contributed by atoms with Crippen LogP contribution in [0.4, 0.5) is 5.82 Å². The monoisotopic (exact) mass is 356 g/mol. The summed E-state index contributed by atoms with van der Waals surface area (Å²) in [6, 6.07) is 7.43. The van der Waals surface area contributed by atoms with Crippen molar-refractivity contribution >= 4 is 28.8 Å². The summed E-state index contributed by atoms with van der Waals surface area (Å²) in [7, 11) is 0. The van der Waals surface area contributed by atoms with Crippen LogP contribution in [0.5, 0.6) is 0 Å². The second kappa shape index (κ2) is 5.75. The normalized spacial score (nSPS) is 17.6. The smallest absolute Gasteiger partial charge is 0.295 e. The fraction of sp³-hybridized carbons (Fsp3) is 0.118. The number of hydrogen-bond donors (Lipinski definition) is 1. The Morgan fingerprint density at radius 1 is 1.36 bits per heavy atom. The number of carbonyl (C=O) groups excluding carboxylic acids is 2. The Kier molecular flexibility index (Phi) is 3.54. The molecule has 25 heavy (non-hydrogen) atoms. The van der Waals surface area contributed by atoms with E-state index in [0.717, 1.165) is 0 Å². The summed E-state index contributed by atoms with van der Waals surface area (Å²) in [5.41, 5.74) is -0.0388. The number of rotatable bonds is 4. The van der Waals surface area contributed by atoms with E-state index in [-0.39, 0.29) is 17.2 Å². The molecule has 0 aliphatic carbocycles. The van der Waals surface area contributed by atoms with Gasteiger partial charge in [-0.25, -0.2) is 0 Å². The Morgan fingerprint density at radius 3 is 2.80 bits per heavy atom. The Bertz CT molecular complexity index is 969. The molecule has 0 fully saturated rings. The van der Waals surface area contributed by atoms with Crippen molar-refractivity contribution in [2.45, 2.75) is 13.0 Å². The first-order chi connectivity index (χ1) is 12.1. The number of furan rings is 1. The summed E-state index contributed by atoms with van der Waals surface area (Å²) in [5.74, 6) is -1.07. The number of aromatic nitrogens is 1. The van der Waals surface area contributed by atoms with Crippen LogP contribution in [0.2, 0.25) is 0 Å². The Morgan fingerprint density at radius 2 is 2.20 bits per heavy atom. The van der Waals surface area contributed by atoms with E-state index in [0.29, 0.717) is 10.6 Å². The van der Waals surface area contributed by atoms with E-state index in [9.17, 15) is 14.7 Å². The number of nitrogens with zero attached hydrogens (tertiary/aromatic N) is 2.